The van der Waals surface area contributed by atoms with Crippen molar-refractivity contribution in [3.8, 4) is 0 Å². The lowest BCUT2D eigenvalue weighted by Gasteiger charge is -2.27. The van der Waals surface area contributed by atoms with Gasteiger partial charge < -0.3 is 42.0 Å². The van der Waals surface area contributed by atoms with E-state index in [1.807, 2.05) is 82.3 Å². The highest BCUT2D eigenvalue weighted by atomic mass is 16.4. The van der Waals surface area contributed by atoms with Gasteiger partial charge in [0.1, 0.15) is 23.9 Å². The van der Waals surface area contributed by atoms with Gasteiger partial charge in [0, 0.05) is 48.3 Å². The van der Waals surface area contributed by atoms with Crippen molar-refractivity contribution in [2.24, 2.45) is 11.8 Å². The number of benzene rings is 2. The Kier molecular flexibility index (Phi) is 19.1. The highest BCUT2D eigenvalue weighted by Crippen LogP contribution is 2.20. The van der Waals surface area contributed by atoms with Gasteiger partial charge in [-0.25, -0.2) is 0 Å². The molecule has 1 heterocycles. The van der Waals surface area contributed by atoms with Crippen LogP contribution >= 0.6 is 0 Å². The van der Waals surface area contributed by atoms with Crippen molar-refractivity contribution < 1.29 is 43.5 Å². The number of carboxylic acid groups (broad SMARTS) is 1. The second-order valence-electron chi connectivity index (χ2n) is 16.2. The fraction of sp³-hybridized carbons (Fsp3) is 0.500. The lowest BCUT2D eigenvalue weighted by molar-refractivity contribution is -0.138. The summed E-state index contributed by atoms with van der Waals surface area (Å²) in [6, 6.07) is 11.4. The number of aliphatic carboxylic acids is 1. The molecule has 1 aromatic heterocycles. The van der Waals surface area contributed by atoms with Crippen molar-refractivity contribution in [3.63, 3.8) is 0 Å². The number of ketones is 2. The number of aromatic amines is 1. The Bertz CT molecular complexity index is 1960. The number of hydrogen-bond donors (Lipinski definition) is 8. The van der Waals surface area contributed by atoms with E-state index in [-0.39, 0.29) is 43.4 Å². The molecule has 60 heavy (non-hydrogen) atoms. The molecule has 0 spiro atoms. The van der Waals surface area contributed by atoms with Crippen LogP contribution in [0.25, 0.3) is 10.9 Å². The quantitative estimate of drug-likeness (QED) is 0.0620. The van der Waals surface area contributed by atoms with Gasteiger partial charge in [0.15, 0.2) is 5.78 Å². The normalized spacial score (nSPS) is 13.8. The second kappa shape index (κ2) is 23.6. The molecular weight excluding hydrogens is 771 g/mol. The van der Waals surface area contributed by atoms with E-state index < -0.39 is 90.4 Å². The molecule has 5 atom stereocenters. The van der Waals surface area contributed by atoms with Gasteiger partial charge in [-0.05, 0) is 49.3 Å². The number of carbonyl (C=O) groups excluding carboxylic acids is 7. The summed E-state index contributed by atoms with van der Waals surface area (Å²) in [5.74, 6) is -6.05. The molecule has 0 saturated heterocycles. The first-order chi connectivity index (χ1) is 28.3. The molecule has 0 aliphatic heterocycles. The number of H-pyrrole nitrogens is 1. The van der Waals surface area contributed by atoms with E-state index in [0.717, 1.165) is 22.0 Å². The molecule has 8 N–H and O–H groups in total. The second-order valence-corrected chi connectivity index (χ2v) is 16.2. The number of carbonyl (C=O) groups is 8. The van der Waals surface area contributed by atoms with Gasteiger partial charge in [-0.2, -0.15) is 0 Å². The number of rotatable bonds is 25. The lowest BCUT2D eigenvalue weighted by Crippen LogP contribution is -2.59. The highest BCUT2D eigenvalue weighted by Gasteiger charge is 2.33. The standard InChI is InChI=1S/C44H61N7O9/c1-25(2)19-34(42(58)50-35(20-28(7)52)41(57)46-24-38(53)48-33(17-18-39(54)55)40(56)26(3)4)49-44(60)37(22-30-23-45-32-16-12-11-15-31(30)32)51-43(59)36(47-27(5)6)21-29-13-9-8-10-14-29/h8-16,23,25-27,33-37,45,47H,17-22,24H2,1-7H3,(H,46,57)(H,48,53)(H,49,60)(H,50,58)(H,51,59)(H,54,55)/t33-,34-,35-,36-,37-/m0/s1. The van der Waals surface area contributed by atoms with E-state index in [1.165, 1.54) is 6.92 Å². The molecule has 0 unspecified atom stereocenters. The van der Waals surface area contributed by atoms with Crippen molar-refractivity contribution in [1.82, 2.24) is 36.9 Å². The summed E-state index contributed by atoms with van der Waals surface area (Å²) >= 11 is 0. The van der Waals surface area contributed by atoms with Gasteiger partial charge in [-0.1, -0.05) is 90.1 Å². The van der Waals surface area contributed by atoms with Crippen molar-refractivity contribution in [2.75, 3.05) is 6.54 Å². The third-order valence-corrected chi connectivity index (χ3v) is 9.65. The molecule has 0 fully saturated rings. The zero-order valence-corrected chi connectivity index (χ0v) is 35.6. The first-order valence-electron chi connectivity index (χ1n) is 20.4. The van der Waals surface area contributed by atoms with E-state index in [0.29, 0.717) is 6.42 Å². The maximum Gasteiger partial charge on any atom is 0.303 e. The predicted octanol–water partition coefficient (Wildman–Crippen LogP) is 2.49. The van der Waals surface area contributed by atoms with E-state index in [2.05, 4.69) is 36.9 Å². The van der Waals surface area contributed by atoms with E-state index in [4.69, 9.17) is 5.11 Å². The molecule has 0 aliphatic rings. The number of nitrogens with one attached hydrogen (secondary N) is 7. The summed E-state index contributed by atoms with van der Waals surface area (Å²) in [6.45, 7) is 11.3. The number of hydrogen-bond acceptors (Lipinski definition) is 9. The molecule has 0 saturated carbocycles. The van der Waals surface area contributed by atoms with Crippen LogP contribution in [0.4, 0.5) is 0 Å². The Morgan fingerprint density at radius 3 is 1.88 bits per heavy atom. The molecule has 0 bridgehead atoms. The summed E-state index contributed by atoms with van der Waals surface area (Å²) in [7, 11) is 0. The van der Waals surface area contributed by atoms with Crippen molar-refractivity contribution in [3.05, 3.63) is 71.9 Å². The molecular formula is C44H61N7O9. The number of para-hydroxylation sites is 1. The molecule has 3 aromatic rings. The van der Waals surface area contributed by atoms with Crippen LogP contribution in [-0.4, -0.2) is 100.0 Å². The van der Waals surface area contributed by atoms with Crippen molar-refractivity contribution in [2.45, 2.75) is 123 Å². The SMILES string of the molecule is CC(=O)C[C@H](NC(=O)[C@H](CC(C)C)NC(=O)[C@H](Cc1c[nH]c2ccccc12)NC(=O)[C@H](Cc1ccccc1)NC(C)C)C(=O)NCC(=O)N[C@@H](CCC(=O)O)C(=O)C(C)C. The van der Waals surface area contributed by atoms with Crippen LogP contribution in [0.2, 0.25) is 0 Å². The van der Waals surface area contributed by atoms with Crippen LogP contribution in [0.15, 0.2) is 60.8 Å². The Morgan fingerprint density at radius 1 is 0.667 bits per heavy atom. The molecule has 5 amide bonds. The number of fused-ring (bicyclic) bond motifs is 1. The topological polar surface area (TPSA) is 245 Å². The van der Waals surface area contributed by atoms with E-state index in [9.17, 15) is 38.4 Å². The number of amides is 5. The number of carboxylic acids is 1. The molecule has 16 heteroatoms. The van der Waals surface area contributed by atoms with Crippen molar-refractivity contribution in [1.29, 1.82) is 0 Å². The van der Waals surface area contributed by atoms with E-state index >= 15 is 0 Å². The average molecular weight is 832 g/mol. The van der Waals surface area contributed by atoms with Gasteiger partial charge in [-0.3, -0.25) is 38.4 Å². The van der Waals surface area contributed by atoms with Crippen LogP contribution in [-0.2, 0) is 51.2 Å². The molecule has 16 nitrogen and oxygen atoms in total. The molecule has 326 valence electrons. The van der Waals surface area contributed by atoms with Crippen LogP contribution in [0.3, 0.4) is 0 Å². The Hall–Kier alpha value is -5.90. The third kappa shape index (κ3) is 16.0. The minimum absolute atomic E-state index is 0.0613. The summed E-state index contributed by atoms with van der Waals surface area (Å²) in [5.41, 5.74) is 2.52. The smallest absolute Gasteiger partial charge is 0.303 e. The van der Waals surface area contributed by atoms with Gasteiger partial charge in [0.25, 0.3) is 0 Å². The average Bonchev–Trinajstić information content (AvgIpc) is 3.59. The van der Waals surface area contributed by atoms with Crippen LogP contribution in [0, 0.1) is 11.8 Å². The minimum Gasteiger partial charge on any atom is -0.481 e. The molecule has 3 rings (SSSR count). The van der Waals surface area contributed by atoms with E-state index in [1.54, 1.807) is 20.0 Å². The monoisotopic (exact) mass is 831 g/mol. The maximum atomic E-state index is 14.3. The van der Waals surface area contributed by atoms with Crippen molar-refractivity contribution >= 4 is 58.0 Å². The summed E-state index contributed by atoms with van der Waals surface area (Å²) in [4.78, 5) is 108. The van der Waals surface area contributed by atoms with Gasteiger partial charge in [-0.15, -0.1) is 0 Å². The minimum atomic E-state index is -1.43. The summed E-state index contributed by atoms with van der Waals surface area (Å²) in [5, 5.41) is 26.4. The van der Waals surface area contributed by atoms with Crippen LogP contribution < -0.4 is 31.9 Å². The van der Waals surface area contributed by atoms with Gasteiger partial charge in [0.2, 0.25) is 29.5 Å². The largest absolute Gasteiger partial charge is 0.481 e. The van der Waals surface area contributed by atoms with Crippen LogP contribution in [0.1, 0.15) is 85.3 Å². The van der Waals surface area contributed by atoms with Gasteiger partial charge >= 0.3 is 5.97 Å². The number of Topliss-reactive ketones (excluding diaryl/α,β-unsaturated/α-hetero) is 2. The zero-order valence-electron chi connectivity index (χ0n) is 35.6. The zero-order chi connectivity index (χ0) is 44.5. The van der Waals surface area contributed by atoms with Crippen LogP contribution in [0.5, 0.6) is 0 Å². The molecule has 2 aromatic carbocycles. The molecule has 0 radical (unpaired) electrons. The first-order valence-corrected chi connectivity index (χ1v) is 20.4. The van der Waals surface area contributed by atoms with Gasteiger partial charge in [0.05, 0.1) is 18.6 Å². The fourth-order valence-corrected chi connectivity index (χ4v) is 6.72. The summed E-state index contributed by atoms with van der Waals surface area (Å²) in [6.07, 6.45) is 1.40. The molecule has 0 aliphatic carbocycles. The lowest BCUT2D eigenvalue weighted by atomic mass is 9.98. The Morgan fingerprint density at radius 2 is 1.27 bits per heavy atom. The maximum absolute atomic E-state index is 14.3. The predicted molar refractivity (Wildman–Crippen MR) is 226 cm³/mol. The Labute approximate surface area is 351 Å². The first kappa shape index (κ1) is 48.5. The summed E-state index contributed by atoms with van der Waals surface area (Å²) < 4.78 is 0. The Balaban J connectivity index is 1.83. The third-order valence-electron chi connectivity index (χ3n) is 9.65. The fourth-order valence-electron chi connectivity index (χ4n) is 6.72. The highest BCUT2D eigenvalue weighted by molar-refractivity contribution is 5.98. The number of aromatic nitrogens is 1.